The minimum absolute atomic E-state index is 0.0143. The van der Waals surface area contributed by atoms with Gasteiger partial charge in [0.05, 0.1) is 20.3 Å². The van der Waals surface area contributed by atoms with E-state index in [1.165, 1.54) is 20.3 Å². The molecule has 0 saturated carbocycles. The zero-order chi connectivity index (χ0) is 17.8. The van der Waals surface area contributed by atoms with Gasteiger partial charge in [0, 0.05) is 17.6 Å². The summed E-state index contributed by atoms with van der Waals surface area (Å²) in [6, 6.07) is 0. The molecular weight excluding hydrogens is 308 g/mol. The van der Waals surface area contributed by atoms with E-state index in [4.69, 9.17) is 14.7 Å². The summed E-state index contributed by atoms with van der Waals surface area (Å²) in [5, 5.41) is 8.96. The molecule has 0 saturated heterocycles. The summed E-state index contributed by atoms with van der Waals surface area (Å²) in [6.07, 6.45) is 4.96. The zero-order valence-corrected chi connectivity index (χ0v) is 12.9. The normalized spacial score (nSPS) is 18.2. The lowest BCUT2D eigenvalue weighted by Gasteiger charge is -1.95. The van der Waals surface area contributed by atoms with E-state index in [1.54, 1.807) is 6.08 Å². The van der Waals surface area contributed by atoms with Crippen molar-refractivity contribution in [1.29, 1.82) is 0 Å². The summed E-state index contributed by atoms with van der Waals surface area (Å²) in [6.45, 7) is 0. The second-order valence-corrected chi connectivity index (χ2v) is 4.50. The maximum atomic E-state index is 10.8. The van der Waals surface area contributed by atoms with Gasteiger partial charge in [0.15, 0.2) is 5.78 Å². The number of allylic oxidation sites excluding steroid dienone is 1. The van der Waals surface area contributed by atoms with Crippen LogP contribution in [0.15, 0.2) is 23.3 Å². The van der Waals surface area contributed by atoms with Crippen LogP contribution in [-0.4, -0.2) is 49.3 Å². The van der Waals surface area contributed by atoms with Crippen LogP contribution in [0.1, 0.15) is 25.7 Å². The molecule has 0 aromatic rings. The van der Waals surface area contributed by atoms with Crippen LogP contribution in [0.25, 0.3) is 0 Å². The Morgan fingerprint density at radius 1 is 1.09 bits per heavy atom. The fourth-order valence-corrected chi connectivity index (χ4v) is 1.89. The second-order valence-electron chi connectivity index (χ2n) is 4.50. The maximum Gasteiger partial charge on any atom is 0.373 e. The van der Waals surface area contributed by atoms with E-state index in [9.17, 15) is 14.4 Å². The van der Waals surface area contributed by atoms with Crippen molar-refractivity contribution in [2.75, 3.05) is 14.2 Å². The zero-order valence-electron chi connectivity index (χ0n) is 12.9. The Bertz CT molecular complexity index is 538. The lowest BCUT2D eigenvalue weighted by atomic mass is 10.2. The van der Waals surface area contributed by atoms with Crippen molar-refractivity contribution in [2.24, 2.45) is 0 Å². The molecule has 1 N–H and O–H groups in total. The van der Waals surface area contributed by atoms with Crippen molar-refractivity contribution >= 4 is 23.9 Å². The molecule has 0 aliphatic heterocycles. The Labute approximate surface area is 132 Å². The van der Waals surface area contributed by atoms with Crippen LogP contribution in [-0.2, 0) is 33.4 Å². The van der Waals surface area contributed by atoms with Crippen molar-refractivity contribution in [3.63, 3.8) is 0 Å². The molecule has 0 aromatic carbocycles. The molecule has 2 rings (SSSR count). The maximum absolute atomic E-state index is 10.8. The standard InChI is InChI=1S/C7H10O3.C7H8O3.CO2/c2*1-10-7(9)5-2-3-6(8)4-5;2-1-3/h4,6,8H,2-3H2,1H3;4H,2-3H2,1H3;/t6-;;/m0../s1. The first-order valence-corrected chi connectivity index (χ1v) is 6.67. The number of aliphatic hydroxyl groups is 1. The molecule has 0 fully saturated rings. The first kappa shape index (κ1) is 20.4. The Kier molecular flexibility index (Phi) is 9.82. The Morgan fingerprint density at radius 2 is 1.61 bits per heavy atom. The SMILES string of the molecule is COC(=O)C1=CC(=O)CC1.COC(=O)C1=C[C@@H](O)CC1.O=C=O. The Morgan fingerprint density at radius 3 is 1.96 bits per heavy atom. The van der Waals surface area contributed by atoms with Gasteiger partial charge in [0.1, 0.15) is 0 Å². The van der Waals surface area contributed by atoms with E-state index in [0.29, 0.717) is 36.8 Å². The number of ketones is 1. The number of carbonyl (C=O) groups excluding carboxylic acids is 5. The molecule has 0 radical (unpaired) electrons. The van der Waals surface area contributed by atoms with Gasteiger partial charge in [-0.05, 0) is 31.4 Å². The van der Waals surface area contributed by atoms with Crippen molar-refractivity contribution in [2.45, 2.75) is 31.8 Å². The van der Waals surface area contributed by atoms with Gasteiger partial charge < -0.3 is 14.6 Å². The topological polar surface area (TPSA) is 124 Å². The van der Waals surface area contributed by atoms with Crippen molar-refractivity contribution < 1.29 is 38.6 Å². The first-order valence-electron chi connectivity index (χ1n) is 6.67. The van der Waals surface area contributed by atoms with Crippen molar-refractivity contribution in [1.82, 2.24) is 0 Å². The molecule has 126 valence electrons. The number of methoxy groups -OCH3 is 2. The summed E-state index contributed by atoms with van der Waals surface area (Å²) in [4.78, 5) is 48.3. The fraction of sp³-hybridized carbons (Fsp3) is 0.467. The highest BCUT2D eigenvalue weighted by Gasteiger charge is 2.19. The highest BCUT2D eigenvalue weighted by atomic mass is 16.5. The van der Waals surface area contributed by atoms with Crippen LogP contribution in [0.4, 0.5) is 0 Å². The quantitative estimate of drug-likeness (QED) is 0.709. The molecule has 1 atom stereocenters. The summed E-state index contributed by atoms with van der Waals surface area (Å²) < 4.78 is 8.89. The molecule has 0 bridgehead atoms. The summed E-state index contributed by atoms with van der Waals surface area (Å²) in [7, 11) is 2.65. The third-order valence-corrected chi connectivity index (χ3v) is 2.97. The number of esters is 2. The molecule has 8 nitrogen and oxygen atoms in total. The van der Waals surface area contributed by atoms with E-state index in [2.05, 4.69) is 9.47 Å². The molecule has 0 heterocycles. The predicted molar refractivity (Wildman–Crippen MR) is 74.7 cm³/mol. The number of carbonyl (C=O) groups is 3. The van der Waals surface area contributed by atoms with Crippen LogP contribution in [0.5, 0.6) is 0 Å². The summed E-state index contributed by atoms with van der Waals surface area (Å²) in [5.74, 6) is -0.692. The lowest BCUT2D eigenvalue weighted by molar-refractivity contribution is -0.191. The molecule has 0 unspecified atom stereocenters. The second kappa shape index (κ2) is 11.1. The van der Waals surface area contributed by atoms with E-state index >= 15 is 0 Å². The van der Waals surface area contributed by atoms with Crippen LogP contribution in [0, 0.1) is 0 Å². The van der Waals surface area contributed by atoms with Gasteiger partial charge in [0.25, 0.3) is 0 Å². The number of hydrogen-bond donors (Lipinski definition) is 1. The van der Waals surface area contributed by atoms with Gasteiger partial charge in [-0.15, -0.1) is 0 Å². The average Bonchev–Trinajstić information content (AvgIpc) is 3.16. The van der Waals surface area contributed by atoms with Gasteiger partial charge in [-0.3, -0.25) is 4.79 Å². The van der Waals surface area contributed by atoms with Gasteiger partial charge in [0.2, 0.25) is 0 Å². The minimum atomic E-state index is -0.450. The van der Waals surface area contributed by atoms with E-state index in [0.717, 1.165) is 0 Å². The smallest absolute Gasteiger partial charge is 0.373 e. The molecule has 0 spiro atoms. The predicted octanol–water partition coefficient (Wildman–Crippen LogP) is 0.106. The number of hydrogen-bond acceptors (Lipinski definition) is 8. The van der Waals surface area contributed by atoms with E-state index in [-0.39, 0.29) is 23.9 Å². The molecule has 0 amide bonds. The highest BCUT2D eigenvalue weighted by Crippen LogP contribution is 2.18. The van der Waals surface area contributed by atoms with E-state index in [1.807, 2.05) is 0 Å². The third-order valence-electron chi connectivity index (χ3n) is 2.97. The number of rotatable bonds is 2. The third kappa shape index (κ3) is 7.85. The highest BCUT2D eigenvalue weighted by molar-refractivity contribution is 6.03. The van der Waals surface area contributed by atoms with Crippen molar-refractivity contribution in [3.05, 3.63) is 23.3 Å². The lowest BCUT2D eigenvalue weighted by Crippen LogP contribution is -2.01. The fourth-order valence-electron chi connectivity index (χ4n) is 1.89. The molecule has 0 aromatic heterocycles. The molecule has 23 heavy (non-hydrogen) atoms. The van der Waals surface area contributed by atoms with Gasteiger partial charge >= 0.3 is 18.1 Å². The van der Waals surface area contributed by atoms with Crippen LogP contribution < -0.4 is 0 Å². The molecule has 2 aliphatic rings. The van der Waals surface area contributed by atoms with Gasteiger partial charge in [-0.1, -0.05) is 0 Å². The molecule has 8 heteroatoms. The number of ether oxygens (including phenoxy) is 2. The summed E-state index contributed by atoms with van der Waals surface area (Å²) >= 11 is 0. The Hall–Kier alpha value is -2.57. The number of aliphatic hydroxyl groups excluding tert-OH is 1. The van der Waals surface area contributed by atoms with Gasteiger partial charge in [-0.2, -0.15) is 9.59 Å². The van der Waals surface area contributed by atoms with E-state index < -0.39 is 6.10 Å². The minimum Gasteiger partial charge on any atom is -0.466 e. The van der Waals surface area contributed by atoms with Crippen molar-refractivity contribution in [3.8, 4) is 0 Å². The Balaban J connectivity index is 0.000000360. The average molecular weight is 326 g/mol. The molecule has 2 aliphatic carbocycles. The monoisotopic (exact) mass is 326 g/mol. The largest absolute Gasteiger partial charge is 0.466 e. The van der Waals surface area contributed by atoms with Crippen LogP contribution >= 0.6 is 0 Å². The van der Waals surface area contributed by atoms with Crippen LogP contribution in [0.3, 0.4) is 0 Å². The molecular formula is C15H18O8. The first-order chi connectivity index (χ1) is 10.9. The van der Waals surface area contributed by atoms with Crippen LogP contribution in [0.2, 0.25) is 0 Å². The summed E-state index contributed by atoms with van der Waals surface area (Å²) in [5.41, 5.74) is 1.09. The van der Waals surface area contributed by atoms with Gasteiger partial charge in [-0.25, -0.2) is 9.59 Å².